The van der Waals surface area contributed by atoms with Crippen molar-refractivity contribution in [2.45, 2.75) is 50.7 Å². The largest absolute Gasteiger partial charge is 0.489 e. The molecule has 13 heteroatoms. The fourth-order valence-corrected chi connectivity index (χ4v) is 5.50. The Kier molecular flexibility index (Phi) is 8.46. The number of nitrogens with zero attached hydrogens (tertiary/aromatic N) is 5. The number of aryl methyl sites for hydroxylation is 2. The Morgan fingerprint density at radius 1 is 1.18 bits per heavy atom. The van der Waals surface area contributed by atoms with Crippen LogP contribution in [0.1, 0.15) is 43.7 Å². The fraction of sp³-hybridized carbons (Fsp3) is 0.480. The van der Waals surface area contributed by atoms with E-state index in [-0.39, 0.29) is 33.6 Å². The van der Waals surface area contributed by atoms with Gasteiger partial charge in [-0.25, -0.2) is 17.7 Å². The maximum absolute atomic E-state index is 12.8. The first-order chi connectivity index (χ1) is 18.0. The van der Waals surface area contributed by atoms with Crippen molar-refractivity contribution in [3.8, 4) is 5.75 Å². The second-order valence-electron chi connectivity index (χ2n) is 9.85. The van der Waals surface area contributed by atoms with Crippen LogP contribution < -0.4 is 20.7 Å². The van der Waals surface area contributed by atoms with Gasteiger partial charge in [0, 0.05) is 27.3 Å². The second-order valence-corrected chi connectivity index (χ2v) is 12.3. The molecule has 3 heterocycles. The molecule has 0 saturated carbocycles. The van der Waals surface area contributed by atoms with Gasteiger partial charge in [0.05, 0.1) is 23.7 Å². The van der Waals surface area contributed by atoms with Gasteiger partial charge < -0.3 is 20.7 Å². The van der Waals surface area contributed by atoms with Crippen LogP contribution in [-0.4, -0.2) is 65.8 Å². The number of anilines is 4. The second kappa shape index (κ2) is 11.4. The van der Waals surface area contributed by atoms with E-state index in [1.807, 2.05) is 13.8 Å². The molecular formula is C25H35ClN8O3S. The predicted molar refractivity (Wildman–Crippen MR) is 149 cm³/mol. The molecule has 3 N–H and O–H groups in total. The van der Waals surface area contributed by atoms with Gasteiger partial charge in [0.25, 0.3) is 10.0 Å². The van der Waals surface area contributed by atoms with E-state index in [0.717, 1.165) is 47.2 Å². The summed E-state index contributed by atoms with van der Waals surface area (Å²) in [4.78, 5) is 8.87. The molecule has 1 fully saturated rings. The highest BCUT2D eigenvalue weighted by molar-refractivity contribution is 7.89. The van der Waals surface area contributed by atoms with E-state index in [9.17, 15) is 8.42 Å². The van der Waals surface area contributed by atoms with E-state index < -0.39 is 10.0 Å². The maximum Gasteiger partial charge on any atom is 0.264 e. The molecule has 1 saturated heterocycles. The number of nitrogens with one attached hydrogen (secondary N) is 3. The summed E-state index contributed by atoms with van der Waals surface area (Å²) >= 11 is 6.39. The van der Waals surface area contributed by atoms with Crippen molar-refractivity contribution in [3.05, 3.63) is 40.7 Å². The molecule has 1 aliphatic rings. The van der Waals surface area contributed by atoms with Gasteiger partial charge in [0.1, 0.15) is 10.8 Å². The molecule has 1 aromatic carbocycles. The average molecular weight is 563 g/mol. The molecule has 0 unspecified atom stereocenters. The zero-order chi connectivity index (χ0) is 27.6. The lowest BCUT2D eigenvalue weighted by Crippen LogP contribution is -2.27. The third-order valence-electron chi connectivity index (χ3n) is 6.27. The van der Waals surface area contributed by atoms with Crippen LogP contribution in [0.5, 0.6) is 5.75 Å². The zero-order valence-corrected chi connectivity index (χ0v) is 24.1. The van der Waals surface area contributed by atoms with E-state index in [4.69, 9.17) is 16.3 Å². The third kappa shape index (κ3) is 6.20. The van der Waals surface area contributed by atoms with Crippen LogP contribution in [0.15, 0.2) is 29.6 Å². The minimum absolute atomic E-state index is 0.0230. The minimum Gasteiger partial charge on any atom is -0.489 e. The number of ether oxygens (including phenoxy) is 1. The van der Waals surface area contributed by atoms with Crippen molar-refractivity contribution in [3.63, 3.8) is 0 Å². The molecule has 0 bridgehead atoms. The monoisotopic (exact) mass is 562 g/mol. The van der Waals surface area contributed by atoms with Crippen LogP contribution in [-0.2, 0) is 17.1 Å². The highest BCUT2D eigenvalue weighted by Gasteiger charge is 2.26. The van der Waals surface area contributed by atoms with Crippen molar-refractivity contribution in [1.82, 2.24) is 29.4 Å². The number of sulfonamides is 1. The van der Waals surface area contributed by atoms with E-state index in [1.54, 1.807) is 13.2 Å². The summed E-state index contributed by atoms with van der Waals surface area (Å²) in [6.45, 7) is 8.09. The summed E-state index contributed by atoms with van der Waals surface area (Å²) < 4.78 is 34.2. The molecule has 0 aliphatic carbocycles. The Labute approximate surface area is 229 Å². The number of halogens is 1. The summed E-state index contributed by atoms with van der Waals surface area (Å²) in [6.07, 6.45) is 5.16. The summed E-state index contributed by atoms with van der Waals surface area (Å²) in [5.74, 6) is 1.72. The standard InChI is InChI=1S/C25H35ClN8O3S/c1-15(2)37-22-12-18(17-7-9-27-10-8-17)16(3)11-20(22)30-25-28-13-19(26)23(31-25)29-21-14-34(6)32-24(21)38(35,36)33(4)5/h11-15,17,27H,7-10H2,1-6H3,(H2,28,29,30,31). The van der Waals surface area contributed by atoms with Crippen molar-refractivity contribution in [2.24, 2.45) is 7.05 Å². The highest BCUT2D eigenvalue weighted by atomic mass is 35.5. The lowest BCUT2D eigenvalue weighted by Gasteiger charge is -2.26. The smallest absolute Gasteiger partial charge is 0.264 e. The number of hydrogen-bond acceptors (Lipinski definition) is 9. The van der Waals surface area contributed by atoms with E-state index in [0.29, 0.717) is 5.92 Å². The highest BCUT2D eigenvalue weighted by Crippen LogP contribution is 2.37. The van der Waals surface area contributed by atoms with E-state index in [2.05, 4.69) is 50.1 Å². The van der Waals surface area contributed by atoms with Crippen molar-refractivity contribution in [1.29, 1.82) is 0 Å². The topological polar surface area (TPSA) is 126 Å². The maximum atomic E-state index is 12.8. The molecule has 0 spiro atoms. The lowest BCUT2D eigenvalue weighted by atomic mass is 9.87. The van der Waals surface area contributed by atoms with Crippen molar-refractivity contribution in [2.75, 3.05) is 37.8 Å². The van der Waals surface area contributed by atoms with E-state index >= 15 is 0 Å². The van der Waals surface area contributed by atoms with Gasteiger partial charge in [-0.1, -0.05) is 11.6 Å². The molecule has 0 atom stereocenters. The Balaban J connectivity index is 1.66. The number of rotatable bonds is 9. The molecule has 11 nitrogen and oxygen atoms in total. The van der Waals surface area contributed by atoms with Gasteiger partial charge in [0.15, 0.2) is 5.82 Å². The van der Waals surface area contributed by atoms with Crippen LogP contribution in [0.25, 0.3) is 0 Å². The molecule has 0 amide bonds. The molecule has 0 radical (unpaired) electrons. The molecule has 2 aromatic heterocycles. The number of aromatic nitrogens is 4. The Bertz CT molecular complexity index is 1400. The predicted octanol–water partition coefficient (Wildman–Crippen LogP) is 4.16. The summed E-state index contributed by atoms with van der Waals surface area (Å²) in [6, 6.07) is 4.18. The molecule has 4 rings (SSSR count). The zero-order valence-electron chi connectivity index (χ0n) is 22.5. The molecular weight excluding hydrogens is 528 g/mol. The number of hydrogen-bond donors (Lipinski definition) is 3. The fourth-order valence-electron chi connectivity index (χ4n) is 4.41. The average Bonchev–Trinajstić information content (AvgIpc) is 3.23. The summed E-state index contributed by atoms with van der Waals surface area (Å²) in [5.41, 5.74) is 3.44. The van der Waals surface area contributed by atoms with Gasteiger partial charge in [-0.3, -0.25) is 4.68 Å². The number of piperidine rings is 1. The molecule has 38 heavy (non-hydrogen) atoms. The van der Waals surface area contributed by atoms with Crippen LogP contribution in [0.3, 0.4) is 0 Å². The van der Waals surface area contributed by atoms with Crippen LogP contribution in [0.2, 0.25) is 5.02 Å². The van der Waals surface area contributed by atoms with Crippen LogP contribution in [0, 0.1) is 6.92 Å². The quantitative estimate of drug-likeness (QED) is 0.352. The van der Waals surface area contributed by atoms with Gasteiger partial charge in [0.2, 0.25) is 11.0 Å². The van der Waals surface area contributed by atoms with Crippen LogP contribution in [0.4, 0.5) is 23.1 Å². The minimum atomic E-state index is -3.80. The van der Waals surface area contributed by atoms with Gasteiger partial charge >= 0.3 is 0 Å². The summed E-state index contributed by atoms with van der Waals surface area (Å²) in [5, 5.41) is 13.9. The first kappa shape index (κ1) is 28.1. The molecule has 3 aromatic rings. The van der Waals surface area contributed by atoms with Crippen molar-refractivity contribution < 1.29 is 13.2 Å². The Morgan fingerprint density at radius 2 is 1.89 bits per heavy atom. The molecule has 206 valence electrons. The van der Waals surface area contributed by atoms with E-state index in [1.165, 1.54) is 30.5 Å². The lowest BCUT2D eigenvalue weighted by molar-refractivity contribution is 0.243. The number of benzene rings is 1. The van der Waals surface area contributed by atoms with Gasteiger partial charge in [-0.2, -0.15) is 10.1 Å². The molecule has 1 aliphatic heterocycles. The Morgan fingerprint density at radius 3 is 2.55 bits per heavy atom. The Hall–Kier alpha value is -2.93. The first-order valence-electron chi connectivity index (χ1n) is 12.5. The van der Waals surface area contributed by atoms with Crippen LogP contribution >= 0.6 is 11.6 Å². The SMILES string of the molecule is Cc1cc(Nc2ncc(Cl)c(Nc3cn(C)nc3S(=O)(=O)N(C)C)n2)c(OC(C)C)cc1C1CCNCC1. The first-order valence-corrected chi connectivity index (χ1v) is 14.3. The summed E-state index contributed by atoms with van der Waals surface area (Å²) in [7, 11) is 0.736. The van der Waals surface area contributed by atoms with Gasteiger partial charge in [-0.15, -0.1) is 0 Å². The van der Waals surface area contributed by atoms with Gasteiger partial charge in [-0.05, 0) is 75.9 Å². The normalized spacial score (nSPS) is 14.8. The van der Waals surface area contributed by atoms with Crippen molar-refractivity contribution >= 4 is 44.8 Å². The third-order valence-corrected chi connectivity index (χ3v) is 8.30.